The highest BCUT2D eigenvalue weighted by atomic mass is 16.5. The van der Waals surface area contributed by atoms with Gasteiger partial charge >= 0.3 is 0 Å². The van der Waals surface area contributed by atoms with E-state index in [4.69, 9.17) is 4.74 Å². The van der Waals surface area contributed by atoms with Crippen LogP contribution in [-0.2, 0) is 5.41 Å². The van der Waals surface area contributed by atoms with Crippen LogP contribution < -0.4 is 9.64 Å². The Morgan fingerprint density at radius 3 is 1.69 bits per heavy atom. The van der Waals surface area contributed by atoms with Crippen molar-refractivity contribution in [2.75, 3.05) is 4.90 Å². The van der Waals surface area contributed by atoms with Gasteiger partial charge in [-0.15, -0.1) is 0 Å². The molecule has 3 heteroatoms. The van der Waals surface area contributed by atoms with Gasteiger partial charge in [-0.3, -0.25) is 0 Å². The standard InChI is InChI=1S/C55H36N2O/c1-3-15-37(16-4-1)38-29-31-39(32-30-38)40-33-35-42(36-34-40)56(41-17-5-2-6-18-41)51-27-14-24-48-54(51)58-52-28-12-9-22-46(52)55(48)45-21-8-11-26-50(45)57-49-25-10-7-19-43(49)44-20-13-23-47(55)53(44)57/h1-36H. The van der Waals surface area contributed by atoms with E-state index in [9.17, 15) is 0 Å². The van der Waals surface area contributed by atoms with Crippen molar-refractivity contribution < 1.29 is 4.74 Å². The maximum Gasteiger partial charge on any atom is 0.156 e. The van der Waals surface area contributed by atoms with E-state index in [1.807, 2.05) is 0 Å². The minimum absolute atomic E-state index is 0.654. The average Bonchev–Trinajstić information content (AvgIpc) is 3.64. The zero-order chi connectivity index (χ0) is 38.2. The first-order valence-electron chi connectivity index (χ1n) is 19.9. The zero-order valence-electron chi connectivity index (χ0n) is 31.6. The van der Waals surface area contributed by atoms with Crippen molar-refractivity contribution in [2.24, 2.45) is 0 Å². The first-order chi connectivity index (χ1) is 28.8. The third-order valence-corrected chi connectivity index (χ3v) is 12.3. The van der Waals surface area contributed by atoms with E-state index in [1.54, 1.807) is 0 Å². The molecule has 3 heterocycles. The molecule has 0 amide bonds. The lowest BCUT2D eigenvalue weighted by Crippen LogP contribution is -2.38. The van der Waals surface area contributed by atoms with Crippen molar-refractivity contribution in [2.45, 2.75) is 5.41 Å². The first kappa shape index (κ1) is 32.6. The van der Waals surface area contributed by atoms with E-state index in [-0.39, 0.29) is 0 Å². The maximum atomic E-state index is 7.21. The molecular weight excluding hydrogens is 705 g/mol. The number of fused-ring (bicyclic) bond motifs is 11. The molecule has 58 heavy (non-hydrogen) atoms. The molecule has 0 fully saturated rings. The number of anilines is 3. The van der Waals surface area contributed by atoms with Gasteiger partial charge in [0.2, 0.25) is 0 Å². The summed E-state index contributed by atoms with van der Waals surface area (Å²) in [6.45, 7) is 0. The zero-order valence-corrected chi connectivity index (χ0v) is 31.6. The van der Waals surface area contributed by atoms with Gasteiger partial charge in [-0.1, -0.05) is 170 Å². The molecule has 0 saturated heterocycles. The summed E-state index contributed by atoms with van der Waals surface area (Å²) in [5, 5.41) is 2.51. The number of ether oxygens (including phenoxy) is 1. The fraction of sp³-hybridized carbons (Fsp3) is 0.0182. The molecule has 12 rings (SSSR count). The van der Waals surface area contributed by atoms with Crippen LogP contribution in [0.25, 0.3) is 49.7 Å². The Morgan fingerprint density at radius 2 is 0.914 bits per heavy atom. The minimum atomic E-state index is -0.654. The van der Waals surface area contributed by atoms with E-state index in [0.29, 0.717) is 0 Å². The van der Waals surface area contributed by atoms with Crippen LogP contribution in [0.4, 0.5) is 17.1 Å². The van der Waals surface area contributed by atoms with Crippen LogP contribution in [0.5, 0.6) is 11.5 Å². The van der Waals surface area contributed by atoms with Gasteiger partial charge < -0.3 is 14.2 Å². The Balaban J connectivity index is 1.08. The summed E-state index contributed by atoms with van der Waals surface area (Å²) in [6.07, 6.45) is 0. The van der Waals surface area contributed by atoms with E-state index in [2.05, 4.69) is 228 Å². The second kappa shape index (κ2) is 12.7. The number of hydrogen-bond acceptors (Lipinski definition) is 2. The Kier molecular flexibility index (Phi) is 7.14. The normalized spacial score (nSPS) is 14.8. The minimum Gasteiger partial charge on any atom is -0.454 e. The Hall–Kier alpha value is -7.62. The third kappa shape index (κ3) is 4.62. The first-order valence-corrected chi connectivity index (χ1v) is 19.9. The molecule has 1 aromatic heterocycles. The van der Waals surface area contributed by atoms with Crippen LogP contribution in [0, 0.1) is 0 Å². The molecule has 0 radical (unpaired) electrons. The molecule has 1 unspecified atom stereocenters. The molecule has 0 N–H and O–H groups in total. The SMILES string of the molecule is c1ccc(-c2ccc(-c3ccc(N(c4ccccc4)c4cccc5c4Oc4ccccc4C54c5ccccc5-n5c6ccccc6c6cccc4c65)cc3)cc2)cc1. The quantitative estimate of drug-likeness (QED) is 0.175. The summed E-state index contributed by atoms with van der Waals surface area (Å²) < 4.78 is 9.69. The highest BCUT2D eigenvalue weighted by Gasteiger charge is 2.51. The van der Waals surface area contributed by atoms with Crippen molar-refractivity contribution in [3.8, 4) is 39.4 Å². The Labute approximate surface area is 337 Å². The van der Waals surface area contributed by atoms with E-state index in [0.717, 1.165) is 45.3 Å². The van der Waals surface area contributed by atoms with Crippen molar-refractivity contribution >= 4 is 38.9 Å². The van der Waals surface area contributed by atoms with Gasteiger partial charge in [-0.05, 0) is 81.9 Å². The molecule has 10 aromatic rings. The van der Waals surface area contributed by atoms with Crippen LogP contribution in [0.15, 0.2) is 218 Å². The summed E-state index contributed by atoms with van der Waals surface area (Å²) in [5.41, 5.74) is 15.6. The van der Waals surface area contributed by atoms with Crippen molar-refractivity contribution in [1.29, 1.82) is 0 Å². The lowest BCUT2D eigenvalue weighted by Gasteiger charge is -2.45. The van der Waals surface area contributed by atoms with Gasteiger partial charge in [-0.25, -0.2) is 0 Å². The third-order valence-electron chi connectivity index (χ3n) is 12.3. The molecule has 1 atom stereocenters. The van der Waals surface area contributed by atoms with Gasteiger partial charge in [-0.2, -0.15) is 0 Å². The predicted octanol–water partition coefficient (Wildman–Crippen LogP) is 14.4. The number of aromatic nitrogens is 1. The maximum absolute atomic E-state index is 7.21. The molecule has 272 valence electrons. The van der Waals surface area contributed by atoms with Crippen LogP contribution in [0.1, 0.15) is 22.3 Å². The molecule has 9 aromatic carbocycles. The van der Waals surface area contributed by atoms with Crippen molar-refractivity contribution in [1.82, 2.24) is 4.57 Å². The van der Waals surface area contributed by atoms with Crippen LogP contribution in [-0.4, -0.2) is 4.57 Å². The van der Waals surface area contributed by atoms with Gasteiger partial charge in [0.05, 0.1) is 27.8 Å². The van der Waals surface area contributed by atoms with Gasteiger partial charge in [0, 0.05) is 33.3 Å². The Bertz CT molecular complexity index is 3180. The molecule has 0 saturated carbocycles. The number of benzene rings is 9. The number of rotatable bonds is 5. The largest absolute Gasteiger partial charge is 0.454 e. The molecule has 3 nitrogen and oxygen atoms in total. The van der Waals surface area contributed by atoms with Gasteiger partial charge in [0.1, 0.15) is 5.75 Å². The van der Waals surface area contributed by atoms with E-state index >= 15 is 0 Å². The number of nitrogens with zero attached hydrogens (tertiary/aromatic N) is 2. The fourth-order valence-corrected chi connectivity index (χ4v) is 9.80. The summed E-state index contributed by atoms with van der Waals surface area (Å²) in [4.78, 5) is 2.34. The van der Waals surface area contributed by atoms with Crippen molar-refractivity contribution in [3.63, 3.8) is 0 Å². The monoisotopic (exact) mass is 740 g/mol. The Morgan fingerprint density at radius 1 is 0.379 bits per heavy atom. The number of para-hydroxylation sites is 6. The molecular formula is C55H36N2O. The lowest BCUT2D eigenvalue weighted by atomic mass is 9.61. The summed E-state index contributed by atoms with van der Waals surface area (Å²) in [6, 6.07) is 78.9. The fourth-order valence-electron chi connectivity index (χ4n) is 9.80. The molecule has 0 bridgehead atoms. The summed E-state index contributed by atoms with van der Waals surface area (Å²) >= 11 is 0. The van der Waals surface area contributed by atoms with Gasteiger partial charge in [0.25, 0.3) is 0 Å². The van der Waals surface area contributed by atoms with E-state index in [1.165, 1.54) is 55.3 Å². The summed E-state index contributed by atoms with van der Waals surface area (Å²) in [5.74, 6) is 1.71. The second-order valence-electron chi connectivity index (χ2n) is 15.2. The van der Waals surface area contributed by atoms with Crippen molar-refractivity contribution in [3.05, 3.63) is 241 Å². The smallest absolute Gasteiger partial charge is 0.156 e. The van der Waals surface area contributed by atoms with Crippen LogP contribution in [0.2, 0.25) is 0 Å². The van der Waals surface area contributed by atoms with Gasteiger partial charge in [0.15, 0.2) is 5.75 Å². The predicted molar refractivity (Wildman–Crippen MR) is 238 cm³/mol. The molecule has 1 spiro atoms. The van der Waals surface area contributed by atoms with E-state index < -0.39 is 5.41 Å². The summed E-state index contributed by atoms with van der Waals surface area (Å²) in [7, 11) is 0. The average molecular weight is 741 g/mol. The topological polar surface area (TPSA) is 17.4 Å². The number of hydrogen-bond donors (Lipinski definition) is 0. The highest BCUT2D eigenvalue weighted by Crippen LogP contribution is 2.62. The van der Waals surface area contributed by atoms with Crippen LogP contribution in [0.3, 0.4) is 0 Å². The molecule has 2 aliphatic heterocycles. The second-order valence-corrected chi connectivity index (χ2v) is 15.2. The molecule has 0 aliphatic carbocycles. The lowest BCUT2D eigenvalue weighted by molar-refractivity contribution is 0.435. The highest BCUT2D eigenvalue weighted by molar-refractivity contribution is 6.12. The molecule has 2 aliphatic rings. The van der Waals surface area contributed by atoms with Crippen LogP contribution >= 0.6 is 0 Å².